The van der Waals surface area contributed by atoms with Crippen LogP contribution in [-0.4, -0.2) is 11.0 Å². The molecule has 1 N–H and O–H groups in total. The van der Waals surface area contributed by atoms with Crippen molar-refractivity contribution >= 4 is 27.2 Å². The van der Waals surface area contributed by atoms with Gasteiger partial charge in [0.05, 0.1) is 15.7 Å². The standard InChI is InChI=1S/C11H12N2S/c1-2-8(3-1)13-9-4-5-10-11(6-9)14-7-12-10/h4-8,13H,1-3H2. The van der Waals surface area contributed by atoms with E-state index in [0.717, 1.165) is 5.52 Å². The van der Waals surface area contributed by atoms with Gasteiger partial charge in [0, 0.05) is 11.7 Å². The Bertz CT molecular complexity index is 445. The molecule has 1 aliphatic carbocycles. The zero-order valence-corrected chi connectivity index (χ0v) is 8.68. The van der Waals surface area contributed by atoms with Gasteiger partial charge in [-0.15, -0.1) is 11.3 Å². The molecule has 0 aliphatic heterocycles. The van der Waals surface area contributed by atoms with Crippen molar-refractivity contribution < 1.29 is 0 Å². The van der Waals surface area contributed by atoms with Crippen molar-refractivity contribution in [1.82, 2.24) is 4.98 Å². The zero-order chi connectivity index (χ0) is 9.38. The first-order valence-corrected chi connectivity index (χ1v) is 5.89. The molecular formula is C11H12N2S. The molecule has 0 spiro atoms. The highest BCUT2D eigenvalue weighted by Gasteiger charge is 2.16. The van der Waals surface area contributed by atoms with Gasteiger partial charge in [-0.2, -0.15) is 0 Å². The van der Waals surface area contributed by atoms with Gasteiger partial charge in [-0.3, -0.25) is 0 Å². The third kappa shape index (κ3) is 1.38. The van der Waals surface area contributed by atoms with Crippen LogP contribution in [-0.2, 0) is 0 Å². The lowest BCUT2D eigenvalue weighted by molar-refractivity contribution is 0.445. The van der Waals surface area contributed by atoms with E-state index >= 15 is 0 Å². The van der Waals surface area contributed by atoms with Gasteiger partial charge in [-0.25, -0.2) is 4.98 Å². The average molecular weight is 204 g/mol. The third-order valence-corrected chi connectivity index (χ3v) is 3.60. The Morgan fingerprint density at radius 1 is 1.36 bits per heavy atom. The number of rotatable bonds is 2. The van der Waals surface area contributed by atoms with E-state index in [1.807, 2.05) is 5.51 Å². The van der Waals surface area contributed by atoms with Gasteiger partial charge < -0.3 is 5.32 Å². The van der Waals surface area contributed by atoms with Crippen molar-refractivity contribution in [3.63, 3.8) is 0 Å². The summed E-state index contributed by atoms with van der Waals surface area (Å²) in [6.45, 7) is 0. The monoisotopic (exact) mass is 204 g/mol. The van der Waals surface area contributed by atoms with Crippen molar-refractivity contribution in [1.29, 1.82) is 0 Å². The Balaban J connectivity index is 1.88. The molecule has 1 aromatic heterocycles. The topological polar surface area (TPSA) is 24.9 Å². The van der Waals surface area contributed by atoms with E-state index in [1.165, 1.54) is 29.6 Å². The van der Waals surface area contributed by atoms with Crippen LogP contribution in [0.15, 0.2) is 23.7 Å². The summed E-state index contributed by atoms with van der Waals surface area (Å²) in [4.78, 5) is 4.26. The van der Waals surface area contributed by atoms with Crippen LogP contribution in [0.3, 0.4) is 0 Å². The van der Waals surface area contributed by atoms with Crippen LogP contribution >= 0.6 is 11.3 Å². The lowest BCUT2D eigenvalue weighted by Crippen LogP contribution is -2.26. The van der Waals surface area contributed by atoms with E-state index < -0.39 is 0 Å². The molecule has 1 heterocycles. The van der Waals surface area contributed by atoms with E-state index in [0.29, 0.717) is 6.04 Å². The van der Waals surface area contributed by atoms with Crippen LogP contribution < -0.4 is 5.32 Å². The van der Waals surface area contributed by atoms with E-state index in [1.54, 1.807) is 11.3 Å². The summed E-state index contributed by atoms with van der Waals surface area (Å²) in [7, 11) is 0. The molecule has 14 heavy (non-hydrogen) atoms. The molecule has 72 valence electrons. The summed E-state index contributed by atoms with van der Waals surface area (Å²) in [6.07, 6.45) is 4.02. The van der Waals surface area contributed by atoms with Gasteiger partial charge >= 0.3 is 0 Å². The first-order valence-electron chi connectivity index (χ1n) is 5.01. The largest absolute Gasteiger partial charge is 0.382 e. The Hall–Kier alpha value is -1.09. The highest BCUT2D eigenvalue weighted by Crippen LogP contribution is 2.26. The number of aromatic nitrogens is 1. The van der Waals surface area contributed by atoms with Crippen molar-refractivity contribution in [3.05, 3.63) is 23.7 Å². The summed E-state index contributed by atoms with van der Waals surface area (Å²) in [5.41, 5.74) is 4.25. The molecule has 1 aromatic carbocycles. The molecule has 3 heteroatoms. The fourth-order valence-electron chi connectivity index (χ4n) is 1.73. The predicted octanol–water partition coefficient (Wildman–Crippen LogP) is 3.26. The summed E-state index contributed by atoms with van der Waals surface area (Å²) in [5.74, 6) is 0. The number of fused-ring (bicyclic) bond motifs is 1. The molecule has 0 amide bonds. The second-order valence-corrected chi connectivity index (χ2v) is 4.69. The quantitative estimate of drug-likeness (QED) is 0.812. The van der Waals surface area contributed by atoms with E-state index in [9.17, 15) is 0 Å². The molecular weight excluding hydrogens is 192 g/mol. The molecule has 1 aliphatic rings. The van der Waals surface area contributed by atoms with Crippen LogP contribution in [0.2, 0.25) is 0 Å². The third-order valence-electron chi connectivity index (χ3n) is 2.81. The van der Waals surface area contributed by atoms with Crippen molar-refractivity contribution in [3.8, 4) is 0 Å². The molecule has 0 saturated heterocycles. The predicted molar refractivity (Wildman–Crippen MR) is 60.9 cm³/mol. The second kappa shape index (κ2) is 3.24. The van der Waals surface area contributed by atoms with Crippen molar-refractivity contribution in [2.45, 2.75) is 25.3 Å². The van der Waals surface area contributed by atoms with Crippen molar-refractivity contribution in [2.75, 3.05) is 5.32 Å². The minimum absolute atomic E-state index is 0.709. The number of hydrogen-bond acceptors (Lipinski definition) is 3. The lowest BCUT2D eigenvalue weighted by atomic mass is 9.93. The lowest BCUT2D eigenvalue weighted by Gasteiger charge is -2.27. The fraction of sp³-hybridized carbons (Fsp3) is 0.364. The Kier molecular flexibility index (Phi) is 1.91. The van der Waals surface area contributed by atoms with Crippen molar-refractivity contribution in [2.24, 2.45) is 0 Å². The summed E-state index contributed by atoms with van der Waals surface area (Å²) < 4.78 is 1.27. The van der Waals surface area contributed by atoms with Crippen LogP contribution in [0.25, 0.3) is 10.2 Å². The normalized spacial score (nSPS) is 16.9. The second-order valence-electron chi connectivity index (χ2n) is 3.81. The zero-order valence-electron chi connectivity index (χ0n) is 7.86. The minimum atomic E-state index is 0.709. The first-order chi connectivity index (χ1) is 6.92. The summed E-state index contributed by atoms with van der Waals surface area (Å²) in [6, 6.07) is 7.12. The number of anilines is 1. The van der Waals surface area contributed by atoms with Gasteiger partial charge in [0.2, 0.25) is 0 Å². The number of nitrogens with zero attached hydrogens (tertiary/aromatic N) is 1. The molecule has 0 bridgehead atoms. The van der Waals surface area contributed by atoms with E-state index in [-0.39, 0.29) is 0 Å². The SMILES string of the molecule is c1nc2ccc(NC3CCC3)cc2s1. The Labute approximate surface area is 87.0 Å². The number of thiazole rings is 1. The van der Waals surface area contributed by atoms with E-state index in [2.05, 4.69) is 28.5 Å². The number of benzene rings is 1. The summed E-state index contributed by atoms with van der Waals surface area (Å²) >= 11 is 1.70. The highest BCUT2D eigenvalue weighted by molar-refractivity contribution is 7.16. The Morgan fingerprint density at radius 2 is 2.29 bits per heavy atom. The van der Waals surface area contributed by atoms with Gasteiger partial charge in [0.25, 0.3) is 0 Å². The Morgan fingerprint density at radius 3 is 3.07 bits per heavy atom. The molecule has 0 radical (unpaired) electrons. The van der Waals surface area contributed by atoms with E-state index in [4.69, 9.17) is 0 Å². The molecule has 0 atom stereocenters. The molecule has 2 aromatic rings. The highest BCUT2D eigenvalue weighted by atomic mass is 32.1. The van der Waals surface area contributed by atoms with Gasteiger partial charge in [0.15, 0.2) is 0 Å². The maximum Gasteiger partial charge on any atom is 0.0813 e. The minimum Gasteiger partial charge on any atom is -0.382 e. The molecule has 0 unspecified atom stereocenters. The van der Waals surface area contributed by atoms with Crippen LogP contribution in [0.1, 0.15) is 19.3 Å². The number of nitrogens with one attached hydrogen (secondary N) is 1. The number of hydrogen-bond donors (Lipinski definition) is 1. The maximum absolute atomic E-state index is 4.26. The van der Waals surface area contributed by atoms with Crippen LogP contribution in [0, 0.1) is 0 Å². The van der Waals surface area contributed by atoms with Crippen LogP contribution in [0.4, 0.5) is 5.69 Å². The maximum atomic E-state index is 4.26. The van der Waals surface area contributed by atoms with Gasteiger partial charge in [-0.05, 0) is 37.5 Å². The van der Waals surface area contributed by atoms with Crippen LogP contribution in [0.5, 0.6) is 0 Å². The molecule has 2 nitrogen and oxygen atoms in total. The summed E-state index contributed by atoms with van der Waals surface area (Å²) in [5, 5.41) is 3.54. The van der Waals surface area contributed by atoms with Gasteiger partial charge in [-0.1, -0.05) is 0 Å². The first kappa shape index (κ1) is 8.24. The average Bonchev–Trinajstić information content (AvgIpc) is 2.58. The molecule has 3 rings (SSSR count). The smallest absolute Gasteiger partial charge is 0.0813 e. The fourth-order valence-corrected chi connectivity index (χ4v) is 2.45. The molecule has 1 saturated carbocycles. The van der Waals surface area contributed by atoms with Gasteiger partial charge in [0.1, 0.15) is 0 Å². The molecule has 1 fully saturated rings.